The maximum Gasteiger partial charge on any atom is 0.162 e. The van der Waals surface area contributed by atoms with Crippen LogP contribution in [0.4, 0.5) is 5.82 Å². The summed E-state index contributed by atoms with van der Waals surface area (Å²) in [6, 6.07) is 12.9. The van der Waals surface area contributed by atoms with Crippen molar-refractivity contribution in [3.8, 4) is 22.8 Å². The van der Waals surface area contributed by atoms with Crippen LogP contribution in [0.15, 0.2) is 48.7 Å². The topological polar surface area (TPSA) is 87.3 Å². The smallest absolute Gasteiger partial charge is 0.162 e. The average molecular weight is 359 g/mol. The van der Waals surface area contributed by atoms with Gasteiger partial charge in [-0.2, -0.15) is 0 Å². The number of pyridine rings is 2. The Bertz CT molecular complexity index is 1170. The molecule has 27 heavy (non-hydrogen) atoms. The molecule has 0 spiro atoms. The fourth-order valence-electron chi connectivity index (χ4n) is 3.14. The highest BCUT2D eigenvalue weighted by Crippen LogP contribution is 2.36. The van der Waals surface area contributed by atoms with Gasteiger partial charge in [-0.25, -0.2) is 4.98 Å². The Labute approximate surface area is 155 Å². The zero-order chi connectivity index (χ0) is 19.0. The molecular formula is C21H17N3O3. The third-order valence-corrected chi connectivity index (χ3v) is 4.56. The van der Waals surface area contributed by atoms with Gasteiger partial charge in [0.05, 0.1) is 25.4 Å². The number of rotatable bonds is 4. The summed E-state index contributed by atoms with van der Waals surface area (Å²) in [6.07, 6.45) is 2.52. The fraction of sp³-hybridized carbons (Fsp3) is 0.0952. The molecule has 6 nitrogen and oxygen atoms in total. The van der Waals surface area contributed by atoms with Crippen molar-refractivity contribution >= 4 is 33.8 Å². The summed E-state index contributed by atoms with van der Waals surface area (Å²) < 4.78 is 10.8. The molecular weight excluding hydrogens is 342 g/mol. The van der Waals surface area contributed by atoms with E-state index in [0.29, 0.717) is 22.9 Å². The molecule has 0 aliphatic carbocycles. The second-order valence-corrected chi connectivity index (χ2v) is 6.08. The fourth-order valence-corrected chi connectivity index (χ4v) is 3.14. The summed E-state index contributed by atoms with van der Waals surface area (Å²) in [5.74, 6) is 1.63. The second kappa shape index (κ2) is 6.57. The largest absolute Gasteiger partial charge is 0.493 e. The van der Waals surface area contributed by atoms with Gasteiger partial charge in [0.15, 0.2) is 11.5 Å². The van der Waals surface area contributed by atoms with Gasteiger partial charge < -0.3 is 15.2 Å². The molecule has 0 fully saturated rings. The lowest BCUT2D eigenvalue weighted by Crippen LogP contribution is -1.97. The number of hydrogen-bond acceptors (Lipinski definition) is 6. The van der Waals surface area contributed by atoms with Crippen LogP contribution in [0, 0.1) is 0 Å². The zero-order valence-electron chi connectivity index (χ0n) is 14.9. The van der Waals surface area contributed by atoms with Gasteiger partial charge in [-0.05, 0) is 17.5 Å². The number of aromatic nitrogens is 2. The lowest BCUT2D eigenvalue weighted by atomic mass is 10.0. The Kier molecular flexibility index (Phi) is 4.08. The number of anilines is 1. The van der Waals surface area contributed by atoms with Crippen LogP contribution in [-0.2, 0) is 0 Å². The minimum Gasteiger partial charge on any atom is -0.493 e. The van der Waals surface area contributed by atoms with E-state index in [4.69, 9.17) is 15.2 Å². The predicted molar refractivity (Wildman–Crippen MR) is 105 cm³/mol. The highest BCUT2D eigenvalue weighted by atomic mass is 16.5. The first-order valence-corrected chi connectivity index (χ1v) is 8.31. The number of nitrogens with two attached hydrogens (primary N) is 1. The van der Waals surface area contributed by atoms with Crippen molar-refractivity contribution in [2.75, 3.05) is 20.0 Å². The Balaban J connectivity index is 2.00. The van der Waals surface area contributed by atoms with E-state index in [0.717, 1.165) is 39.2 Å². The third kappa shape index (κ3) is 2.81. The van der Waals surface area contributed by atoms with Crippen molar-refractivity contribution < 1.29 is 14.3 Å². The number of carbonyl (C=O) groups is 1. The lowest BCUT2D eigenvalue weighted by molar-refractivity contribution is 0.112. The van der Waals surface area contributed by atoms with Crippen LogP contribution in [0.5, 0.6) is 11.5 Å². The monoisotopic (exact) mass is 359 g/mol. The van der Waals surface area contributed by atoms with Crippen LogP contribution in [-0.4, -0.2) is 30.5 Å². The Morgan fingerprint density at radius 2 is 1.63 bits per heavy atom. The molecule has 134 valence electrons. The number of carbonyl (C=O) groups excluding carboxylic acids is 1. The van der Waals surface area contributed by atoms with Crippen molar-refractivity contribution in [3.63, 3.8) is 0 Å². The van der Waals surface area contributed by atoms with Crippen LogP contribution in [0.2, 0.25) is 0 Å². The lowest BCUT2D eigenvalue weighted by Gasteiger charge is -2.12. The van der Waals surface area contributed by atoms with E-state index < -0.39 is 0 Å². The number of fused-ring (bicyclic) bond motifs is 3. The van der Waals surface area contributed by atoms with Crippen molar-refractivity contribution in [2.45, 2.75) is 0 Å². The molecule has 2 N–H and O–H groups in total. The number of hydrogen-bond donors (Lipinski definition) is 1. The first-order valence-electron chi connectivity index (χ1n) is 8.31. The quantitative estimate of drug-likeness (QED) is 0.440. The number of ether oxygens (including phenoxy) is 2. The normalized spacial score (nSPS) is 10.9. The summed E-state index contributed by atoms with van der Waals surface area (Å²) >= 11 is 0. The molecule has 0 radical (unpaired) electrons. The molecule has 0 saturated carbocycles. The minimum atomic E-state index is 0.395. The number of aldehydes is 1. The van der Waals surface area contributed by atoms with Crippen molar-refractivity contribution in [1.82, 2.24) is 9.97 Å². The summed E-state index contributed by atoms with van der Waals surface area (Å²) in [4.78, 5) is 19.9. The van der Waals surface area contributed by atoms with Crippen LogP contribution in [0.1, 0.15) is 10.4 Å². The van der Waals surface area contributed by atoms with E-state index in [1.807, 2.05) is 30.3 Å². The van der Waals surface area contributed by atoms with Crippen LogP contribution >= 0.6 is 0 Å². The summed E-state index contributed by atoms with van der Waals surface area (Å²) in [5, 5.41) is 2.58. The molecule has 2 heterocycles. The molecule has 0 aliphatic heterocycles. The minimum absolute atomic E-state index is 0.395. The van der Waals surface area contributed by atoms with Gasteiger partial charge in [0.25, 0.3) is 0 Å². The van der Waals surface area contributed by atoms with Gasteiger partial charge >= 0.3 is 0 Å². The zero-order valence-corrected chi connectivity index (χ0v) is 14.9. The Morgan fingerprint density at radius 1 is 0.926 bits per heavy atom. The number of methoxy groups -OCH3 is 2. The molecule has 4 aromatic rings. The maximum atomic E-state index is 10.9. The summed E-state index contributed by atoms with van der Waals surface area (Å²) in [7, 11) is 3.19. The third-order valence-electron chi connectivity index (χ3n) is 4.56. The number of nitrogens with zero attached hydrogens (tertiary/aromatic N) is 2. The predicted octanol–water partition coefficient (Wildman–Crippen LogP) is 3.86. The summed E-state index contributed by atoms with van der Waals surface area (Å²) in [6.45, 7) is 0. The van der Waals surface area contributed by atoms with Gasteiger partial charge in [0.1, 0.15) is 12.1 Å². The van der Waals surface area contributed by atoms with Crippen LogP contribution in [0.25, 0.3) is 32.9 Å². The first kappa shape index (κ1) is 16.8. The molecule has 0 atom stereocenters. The van der Waals surface area contributed by atoms with Crippen molar-refractivity contribution in [3.05, 3.63) is 54.2 Å². The molecule has 6 heteroatoms. The van der Waals surface area contributed by atoms with E-state index in [2.05, 4.69) is 9.97 Å². The number of benzene rings is 2. The molecule has 2 aromatic carbocycles. The molecule has 4 rings (SSSR count). The van der Waals surface area contributed by atoms with E-state index in [-0.39, 0.29) is 0 Å². The van der Waals surface area contributed by atoms with E-state index >= 15 is 0 Å². The van der Waals surface area contributed by atoms with Crippen molar-refractivity contribution in [1.29, 1.82) is 0 Å². The first-order chi connectivity index (χ1) is 13.1. The second-order valence-electron chi connectivity index (χ2n) is 6.08. The van der Waals surface area contributed by atoms with Gasteiger partial charge in [-0.15, -0.1) is 0 Å². The van der Waals surface area contributed by atoms with Gasteiger partial charge in [0, 0.05) is 34.2 Å². The molecule has 0 aliphatic rings. The van der Waals surface area contributed by atoms with E-state index in [9.17, 15) is 4.79 Å². The van der Waals surface area contributed by atoms with Crippen LogP contribution in [0.3, 0.4) is 0 Å². The standard InChI is InChI=1S/C21H17N3O3/c1-26-19-8-15-14-7-17(13-5-3-12(11-25)4-6-13)24-21(22)16(14)10-23-18(15)9-20(19)27-2/h3-11H,1-2H3,(H2,22,24). The summed E-state index contributed by atoms with van der Waals surface area (Å²) in [5.41, 5.74) is 9.18. The van der Waals surface area contributed by atoms with Crippen LogP contribution < -0.4 is 15.2 Å². The maximum absolute atomic E-state index is 10.9. The SMILES string of the molecule is COc1cc2ncc3c(N)nc(-c4ccc(C=O)cc4)cc3c2cc1OC. The molecule has 0 saturated heterocycles. The highest BCUT2D eigenvalue weighted by molar-refractivity contribution is 6.10. The number of nitrogen functional groups attached to an aromatic ring is 1. The molecule has 0 unspecified atom stereocenters. The van der Waals surface area contributed by atoms with Gasteiger partial charge in [-0.3, -0.25) is 9.78 Å². The Morgan fingerprint density at radius 3 is 2.30 bits per heavy atom. The van der Waals surface area contributed by atoms with E-state index in [1.54, 1.807) is 32.5 Å². The average Bonchev–Trinajstić information content (AvgIpc) is 2.72. The van der Waals surface area contributed by atoms with Crippen molar-refractivity contribution in [2.24, 2.45) is 0 Å². The highest BCUT2D eigenvalue weighted by Gasteiger charge is 2.13. The van der Waals surface area contributed by atoms with Gasteiger partial charge in [0.2, 0.25) is 0 Å². The molecule has 2 aromatic heterocycles. The van der Waals surface area contributed by atoms with Gasteiger partial charge in [-0.1, -0.05) is 24.3 Å². The van der Waals surface area contributed by atoms with E-state index in [1.165, 1.54) is 0 Å². The molecule has 0 amide bonds. The molecule has 0 bridgehead atoms. The Hall–Kier alpha value is -3.67.